The van der Waals surface area contributed by atoms with Crippen LogP contribution in [-0.2, 0) is 24.1 Å². The van der Waals surface area contributed by atoms with E-state index in [0.29, 0.717) is 5.75 Å². The first-order chi connectivity index (χ1) is 11.7. The van der Waals surface area contributed by atoms with Crippen molar-refractivity contribution in [2.24, 2.45) is 0 Å². The van der Waals surface area contributed by atoms with Gasteiger partial charge in [-0.1, -0.05) is 24.3 Å². The van der Waals surface area contributed by atoms with Crippen molar-refractivity contribution in [2.45, 2.75) is 16.7 Å². The summed E-state index contributed by atoms with van der Waals surface area (Å²) in [5.74, 6) is 0.402. The van der Waals surface area contributed by atoms with Gasteiger partial charge in [0.2, 0.25) is 0 Å². The van der Waals surface area contributed by atoms with Crippen molar-refractivity contribution in [3.8, 4) is 5.75 Å². The minimum absolute atomic E-state index is 0.00134. The summed E-state index contributed by atoms with van der Waals surface area (Å²) >= 11 is 0. The predicted octanol–water partition coefficient (Wildman–Crippen LogP) is 2.70. The quantitative estimate of drug-likeness (QED) is 0.515. The second-order valence-corrected chi connectivity index (χ2v) is 8.63. The average Bonchev–Trinajstić information content (AvgIpc) is 2.59. The molecule has 0 unspecified atom stereocenters. The third-order valence-electron chi connectivity index (χ3n) is 3.27. The van der Waals surface area contributed by atoms with E-state index >= 15 is 0 Å². The van der Waals surface area contributed by atoms with Crippen molar-refractivity contribution in [2.75, 3.05) is 13.2 Å². The standard InChI is InChI=1S/C17H18O6S2/c1-3-24(18,19)16-10-6-15(7-11-16)22-12-13-23-25(20,21)17-8-4-14(2)5-9-17/h3-11H,1,12-13H2,2H3. The van der Waals surface area contributed by atoms with Gasteiger partial charge in [-0.15, -0.1) is 0 Å². The van der Waals surface area contributed by atoms with Crippen molar-refractivity contribution in [3.05, 3.63) is 66.1 Å². The maximum Gasteiger partial charge on any atom is 0.297 e. The third kappa shape index (κ3) is 5.15. The molecule has 0 saturated carbocycles. The molecular weight excluding hydrogens is 364 g/mol. The molecule has 0 aliphatic carbocycles. The highest BCUT2D eigenvalue weighted by Crippen LogP contribution is 2.18. The zero-order chi connectivity index (χ0) is 18.5. The molecule has 0 saturated heterocycles. The second kappa shape index (κ2) is 7.81. The number of benzene rings is 2. The SMILES string of the molecule is C=CS(=O)(=O)c1ccc(OCCOS(=O)(=O)c2ccc(C)cc2)cc1. The van der Waals surface area contributed by atoms with Crippen molar-refractivity contribution in [3.63, 3.8) is 0 Å². The van der Waals surface area contributed by atoms with Gasteiger partial charge in [0.15, 0.2) is 9.84 Å². The molecule has 2 rings (SSSR count). The van der Waals surface area contributed by atoms with Crippen LogP contribution in [0.5, 0.6) is 5.75 Å². The van der Waals surface area contributed by atoms with E-state index in [-0.39, 0.29) is 23.0 Å². The molecule has 2 aromatic rings. The lowest BCUT2D eigenvalue weighted by Crippen LogP contribution is -2.13. The molecule has 0 N–H and O–H groups in total. The van der Waals surface area contributed by atoms with Crippen LogP contribution in [0.15, 0.2) is 70.3 Å². The zero-order valence-corrected chi connectivity index (χ0v) is 15.2. The van der Waals surface area contributed by atoms with Crippen LogP contribution < -0.4 is 4.74 Å². The maximum atomic E-state index is 12.0. The van der Waals surface area contributed by atoms with E-state index in [0.717, 1.165) is 11.0 Å². The lowest BCUT2D eigenvalue weighted by Gasteiger charge is -2.08. The Morgan fingerprint density at radius 3 is 2.00 bits per heavy atom. The molecule has 2 aromatic carbocycles. The zero-order valence-electron chi connectivity index (χ0n) is 13.6. The monoisotopic (exact) mass is 382 g/mol. The number of sulfone groups is 1. The Kier molecular flexibility index (Phi) is 5.99. The minimum atomic E-state index is -3.83. The van der Waals surface area contributed by atoms with Gasteiger partial charge >= 0.3 is 0 Å². The van der Waals surface area contributed by atoms with Crippen LogP contribution in [0.25, 0.3) is 0 Å². The van der Waals surface area contributed by atoms with Gasteiger partial charge in [0.1, 0.15) is 19.0 Å². The molecule has 0 amide bonds. The number of hydrogen-bond donors (Lipinski definition) is 0. The fourth-order valence-corrected chi connectivity index (χ4v) is 3.50. The molecular formula is C17H18O6S2. The van der Waals surface area contributed by atoms with Crippen LogP contribution in [-0.4, -0.2) is 30.0 Å². The van der Waals surface area contributed by atoms with E-state index in [9.17, 15) is 16.8 Å². The average molecular weight is 382 g/mol. The van der Waals surface area contributed by atoms with Crippen LogP contribution in [0.4, 0.5) is 0 Å². The van der Waals surface area contributed by atoms with Gasteiger partial charge in [-0.2, -0.15) is 8.42 Å². The molecule has 0 aliphatic heterocycles. The van der Waals surface area contributed by atoms with E-state index < -0.39 is 20.0 Å². The molecule has 0 heterocycles. The highest BCUT2D eigenvalue weighted by Gasteiger charge is 2.14. The van der Waals surface area contributed by atoms with Gasteiger partial charge in [-0.3, -0.25) is 4.18 Å². The molecule has 8 heteroatoms. The van der Waals surface area contributed by atoms with Crippen LogP contribution in [0.1, 0.15) is 5.56 Å². The third-order valence-corrected chi connectivity index (χ3v) is 5.97. The summed E-state index contributed by atoms with van der Waals surface area (Å²) in [5.41, 5.74) is 0.948. The number of hydrogen-bond acceptors (Lipinski definition) is 6. The molecule has 134 valence electrons. The van der Waals surface area contributed by atoms with Gasteiger partial charge < -0.3 is 4.74 Å². The normalized spacial score (nSPS) is 11.9. The maximum absolute atomic E-state index is 12.0. The summed E-state index contributed by atoms with van der Waals surface area (Å²) < 4.78 is 57.4. The Balaban J connectivity index is 1.89. The fraction of sp³-hybridized carbons (Fsp3) is 0.176. The van der Waals surface area contributed by atoms with E-state index in [1.165, 1.54) is 36.4 Å². The van der Waals surface area contributed by atoms with Gasteiger partial charge in [-0.05, 0) is 43.3 Å². The fourth-order valence-electron chi connectivity index (χ4n) is 1.90. The Bertz CT molecular complexity index is 928. The van der Waals surface area contributed by atoms with E-state index in [4.69, 9.17) is 8.92 Å². The summed E-state index contributed by atoms with van der Waals surface area (Å²) in [5, 5.41) is 0.868. The summed E-state index contributed by atoms with van der Waals surface area (Å²) in [6.45, 7) is 4.94. The minimum Gasteiger partial charge on any atom is -0.491 e. The second-order valence-electron chi connectivity index (χ2n) is 5.12. The number of aryl methyl sites for hydroxylation is 1. The summed E-state index contributed by atoms with van der Waals surface area (Å²) in [7, 11) is -7.32. The topological polar surface area (TPSA) is 86.7 Å². The first-order valence-corrected chi connectivity index (χ1v) is 10.3. The van der Waals surface area contributed by atoms with Crippen molar-refractivity contribution >= 4 is 20.0 Å². The van der Waals surface area contributed by atoms with E-state index in [2.05, 4.69) is 6.58 Å². The highest BCUT2D eigenvalue weighted by atomic mass is 32.2. The Labute approximate surface area is 147 Å². The first-order valence-electron chi connectivity index (χ1n) is 7.31. The lowest BCUT2D eigenvalue weighted by atomic mass is 10.2. The summed E-state index contributed by atoms with van der Waals surface area (Å²) in [6.07, 6.45) is 0. The van der Waals surface area contributed by atoms with Crippen LogP contribution in [0.2, 0.25) is 0 Å². The molecule has 6 nitrogen and oxygen atoms in total. The van der Waals surface area contributed by atoms with Gasteiger partial charge in [0.25, 0.3) is 10.1 Å². The molecule has 0 fully saturated rings. The van der Waals surface area contributed by atoms with Crippen LogP contribution in [0, 0.1) is 6.92 Å². The largest absolute Gasteiger partial charge is 0.491 e. The van der Waals surface area contributed by atoms with E-state index in [1.807, 2.05) is 6.92 Å². The smallest absolute Gasteiger partial charge is 0.297 e. The molecule has 0 aromatic heterocycles. The predicted molar refractivity (Wildman–Crippen MR) is 93.6 cm³/mol. The van der Waals surface area contributed by atoms with Crippen molar-refractivity contribution in [1.29, 1.82) is 0 Å². The Hall–Kier alpha value is -2.16. The summed E-state index contributed by atoms with van der Waals surface area (Å²) in [6, 6.07) is 12.0. The van der Waals surface area contributed by atoms with Crippen molar-refractivity contribution < 1.29 is 25.8 Å². The molecule has 25 heavy (non-hydrogen) atoms. The molecule has 0 radical (unpaired) electrons. The highest BCUT2D eigenvalue weighted by molar-refractivity contribution is 7.94. The Morgan fingerprint density at radius 1 is 0.880 bits per heavy atom. The summed E-state index contributed by atoms with van der Waals surface area (Å²) in [4.78, 5) is 0.185. The van der Waals surface area contributed by atoms with Crippen LogP contribution in [0.3, 0.4) is 0 Å². The first kappa shape index (κ1) is 19.2. The molecule has 0 bridgehead atoms. The lowest BCUT2D eigenvalue weighted by molar-refractivity contribution is 0.221. The Morgan fingerprint density at radius 2 is 1.44 bits per heavy atom. The van der Waals surface area contributed by atoms with Crippen LogP contribution >= 0.6 is 0 Å². The molecule has 0 atom stereocenters. The van der Waals surface area contributed by atoms with Crippen molar-refractivity contribution in [1.82, 2.24) is 0 Å². The number of rotatable bonds is 8. The van der Waals surface area contributed by atoms with Gasteiger partial charge in [0, 0.05) is 5.41 Å². The number of ether oxygens (including phenoxy) is 1. The van der Waals surface area contributed by atoms with Gasteiger partial charge in [-0.25, -0.2) is 8.42 Å². The van der Waals surface area contributed by atoms with Gasteiger partial charge in [0.05, 0.1) is 9.79 Å². The van der Waals surface area contributed by atoms with E-state index in [1.54, 1.807) is 12.1 Å². The molecule has 0 aliphatic rings. The molecule has 0 spiro atoms.